The van der Waals surface area contributed by atoms with Crippen LogP contribution in [0.1, 0.15) is 124 Å². The van der Waals surface area contributed by atoms with Crippen LogP contribution in [0.3, 0.4) is 0 Å². The Kier molecular flexibility index (Phi) is 22.9. The molecule has 1 amide bonds. The summed E-state index contributed by atoms with van der Waals surface area (Å²) in [6, 6.07) is -0.670. The SMILES string of the molecule is CCCCCCCCCCCCCCCCCOC(=O)C(CC(C)C)NC(=O)OCCOC. The summed E-state index contributed by atoms with van der Waals surface area (Å²) in [5, 5.41) is 2.62. The van der Waals surface area contributed by atoms with Gasteiger partial charge in [0.2, 0.25) is 0 Å². The molecule has 0 aromatic rings. The molecule has 0 aliphatic carbocycles. The molecule has 6 heteroatoms. The molecule has 0 aromatic carbocycles. The average Bonchev–Trinajstić information content (AvgIpc) is 2.78. The highest BCUT2D eigenvalue weighted by atomic mass is 16.6. The van der Waals surface area contributed by atoms with Gasteiger partial charge in [-0.25, -0.2) is 9.59 Å². The van der Waals surface area contributed by atoms with Crippen molar-refractivity contribution < 1.29 is 23.8 Å². The summed E-state index contributed by atoms with van der Waals surface area (Å²) >= 11 is 0. The molecule has 0 heterocycles. The van der Waals surface area contributed by atoms with Crippen molar-refractivity contribution in [1.29, 1.82) is 0 Å². The molecule has 1 N–H and O–H groups in total. The lowest BCUT2D eigenvalue weighted by molar-refractivity contribution is -0.146. The highest BCUT2D eigenvalue weighted by Gasteiger charge is 2.24. The third-order valence-corrected chi connectivity index (χ3v) is 5.80. The van der Waals surface area contributed by atoms with Gasteiger partial charge in [-0.05, 0) is 18.8 Å². The number of amides is 1. The Morgan fingerprint density at radius 3 is 1.61 bits per heavy atom. The minimum Gasteiger partial charge on any atom is -0.464 e. The van der Waals surface area contributed by atoms with E-state index in [-0.39, 0.29) is 18.5 Å². The Balaban J connectivity index is 3.67. The summed E-state index contributed by atoms with van der Waals surface area (Å²) in [6.45, 7) is 7.17. The molecule has 0 saturated heterocycles. The molecule has 0 fully saturated rings. The van der Waals surface area contributed by atoms with Crippen LogP contribution >= 0.6 is 0 Å². The quantitative estimate of drug-likeness (QED) is 0.126. The first kappa shape index (κ1) is 31.7. The van der Waals surface area contributed by atoms with Crippen molar-refractivity contribution in [3.05, 3.63) is 0 Å². The van der Waals surface area contributed by atoms with Gasteiger partial charge < -0.3 is 19.5 Å². The van der Waals surface area contributed by atoms with Crippen LogP contribution in [0, 0.1) is 5.92 Å². The monoisotopic (exact) mass is 471 g/mol. The van der Waals surface area contributed by atoms with E-state index in [1.165, 1.54) is 90.6 Å². The van der Waals surface area contributed by atoms with Crippen LogP contribution in [-0.2, 0) is 19.0 Å². The van der Waals surface area contributed by atoms with Crippen LogP contribution in [-0.4, -0.2) is 45.0 Å². The fourth-order valence-electron chi connectivity index (χ4n) is 3.83. The summed E-state index contributed by atoms with van der Waals surface area (Å²) in [4.78, 5) is 24.2. The number of methoxy groups -OCH3 is 1. The van der Waals surface area contributed by atoms with Crippen molar-refractivity contribution in [1.82, 2.24) is 5.32 Å². The van der Waals surface area contributed by atoms with Crippen molar-refractivity contribution in [2.75, 3.05) is 26.9 Å². The molecular formula is C27H53NO5. The second-order valence-corrected chi connectivity index (χ2v) is 9.57. The standard InChI is InChI=1S/C27H53NO5/c1-5-6-7-8-9-10-11-12-13-14-15-16-17-18-19-20-32-26(29)25(23-24(2)3)28-27(30)33-22-21-31-4/h24-25H,5-23H2,1-4H3,(H,28,30). The van der Waals surface area contributed by atoms with Crippen molar-refractivity contribution in [2.45, 2.75) is 130 Å². The molecule has 0 aliphatic rings. The van der Waals surface area contributed by atoms with Crippen LogP contribution in [0.4, 0.5) is 4.79 Å². The Labute approximate surface area is 203 Å². The molecular weight excluding hydrogens is 418 g/mol. The number of hydrogen-bond acceptors (Lipinski definition) is 5. The Morgan fingerprint density at radius 2 is 1.15 bits per heavy atom. The first-order chi connectivity index (χ1) is 16.0. The normalized spacial score (nSPS) is 12.0. The van der Waals surface area contributed by atoms with E-state index in [2.05, 4.69) is 12.2 Å². The number of alkyl carbamates (subject to hydrolysis) is 1. The molecule has 196 valence electrons. The zero-order valence-corrected chi connectivity index (χ0v) is 22.1. The van der Waals surface area contributed by atoms with Crippen molar-refractivity contribution in [3.8, 4) is 0 Å². The van der Waals surface area contributed by atoms with E-state index in [0.717, 1.165) is 12.8 Å². The summed E-state index contributed by atoms with van der Waals surface area (Å²) < 4.78 is 15.3. The fourth-order valence-corrected chi connectivity index (χ4v) is 3.83. The van der Waals surface area contributed by atoms with Gasteiger partial charge >= 0.3 is 12.1 Å². The van der Waals surface area contributed by atoms with E-state index in [0.29, 0.717) is 19.6 Å². The van der Waals surface area contributed by atoms with Gasteiger partial charge in [0.05, 0.1) is 13.2 Å². The lowest BCUT2D eigenvalue weighted by Crippen LogP contribution is -2.43. The summed E-state index contributed by atoms with van der Waals surface area (Å²) in [6.07, 6.45) is 19.5. The van der Waals surface area contributed by atoms with Crippen molar-refractivity contribution >= 4 is 12.1 Å². The molecule has 1 unspecified atom stereocenters. The molecule has 0 aliphatic heterocycles. The Morgan fingerprint density at radius 1 is 0.667 bits per heavy atom. The maximum Gasteiger partial charge on any atom is 0.407 e. The molecule has 0 bridgehead atoms. The van der Waals surface area contributed by atoms with Gasteiger partial charge in [-0.1, -0.05) is 111 Å². The van der Waals surface area contributed by atoms with E-state index in [1.54, 1.807) is 0 Å². The van der Waals surface area contributed by atoms with Crippen LogP contribution in [0.5, 0.6) is 0 Å². The molecule has 0 aromatic heterocycles. The van der Waals surface area contributed by atoms with E-state index in [1.807, 2.05) is 13.8 Å². The van der Waals surface area contributed by atoms with Gasteiger partial charge in [0.25, 0.3) is 0 Å². The molecule has 0 spiro atoms. The zero-order valence-electron chi connectivity index (χ0n) is 22.1. The smallest absolute Gasteiger partial charge is 0.407 e. The van der Waals surface area contributed by atoms with Crippen LogP contribution in [0.15, 0.2) is 0 Å². The molecule has 0 rings (SSSR count). The van der Waals surface area contributed by atoms with Crippen molar-refractivity contribution in [3.63, 3.8) is 0 Å². The second-order valence-electron chi connectivity index (χ2n) is 9.57. The van der Waals surface area contributed by atoms with Gasteiger partial charge in [-0.3, -0.25) is 0 Å². The highest BCUT2D eigenvalue weighted by Crippen LogP contribution is 2.13. The predicted molar refractivity (Wildman–Crippen MR) is 135 cm³/mol. The largest absolute Gasteiger partial charge is 0.464 e. The van der Waals surface area contributed by atoms with Crippen LogP contribution in [0.2, 0.25) is 0 Å². The zero-order chi connectivity index (χ0) is 24.6. The first-order valence-electron chi connectivity index (χ1n) is 13.6. The van der Waals surface area contributed by atoms with E-state index in [4.69, 9.17) is 14.2 Å². The van der Waals surface area contributed by atoms with Gasteiger partial charge in [-0.2, -0.15) is 0 Å². The van der Waals surface area contributed by atoms with Gasteiger partial charge in [-0.15, -0.1) is 0 Å². The van der Waals surface area contributed by atoms with Crippen LogP contribution in [0.25, 0.3) is 0 Å². The maximum atomic E-state index is 12.4. The maximum absolute atomic E-state index is 12.4. The summed E-state index contributed by atoms with van der Waals surface area (Å²) in [5.74, 6) is -0.120. The third-order valence-electron chi connectivity index (χ3n) is 5.80. The van der Waals surface area contributed by atoms with E-state index < -0.39 is 12.1 Å². The predicted octanol–water partition coefficient (Wildman–Crippen LogP) is 7.19. The lowest BCUT2D eigenvalue weighted by atomic mass is 10.0. The Hall–Kier alpha value is -1.30. The average molecular weight is 472 g/mol. The summed E-state index contributed by atoms with van der Waals surface area (Å²) in [5.41, 5.74) is 0. The van der Waals surface area contributed by atoms with Gasteiger partial charge in [0, 0.05) is 7.11 Å². The number of esters is 1. The molecule has 33 heavy (non-hydrogen) atoms. The number of nitrogens with one attached hydrogen (secondary N) is 1. The summed E-state index contributed by atoms with van der Waals surface area (Å²) in [7, 11) is 1.54. The molecule has 0 saturated carbocycles. The highest BCUT2D eigenvalue weighted by molar-refractivity contribution is 5.81. The molecule has 6 nitrogen and oxygen atoms in total. The van der Waals surface area contributed by atoms with Gasteiger partial charge in [0.1, 0.15) is 12.6 Å². The minimum absolute atomic E-state index is 0.158. The number of rotatable bonds is 23. The van der Waals surface area contributed by atoms with E-state index in [9.17, 15) is 9.59 Å². The second kappa shape index (κ2) is 23.8. The van der Waals surface area contributed by atoms with E-state index >= 15 is 0 Å². The van der Waals surface area contributed by atoms with Crippen molar-refractivity contribution in [2.24, 2.45) is 5.92 Å². The lowest BCUT2D eigenvalue weighted by Gasteiger charge is -2.19. The Bertz CT molecular complexity index is 456. The molecule has 0 radical (unpaired) electrons. The fraction of sp³-hybridized carbons (Fsp3) is 0.926. The minimum atomic E-state index is -0.670. The topological polar surface area (TPSA) is 73.9 Å². The van der Waals surface area contributed by atoms with Gasteiger partial charge in [0.15, 0.2) is 0 Å². The number of unbranched alkanes of at least 4 members (excludes halogenated alkanes) is 14. The number of carbonyl (C=O) groups excluding carboxylic acids is 2. The number of ether oxygens (including phenoxy) is 3. The third kappa shape index (κ3) is 22.3. The van der Waals surface area contributed by atoms with Crippen LogP contribution < -0.4 is 5.32 Å². The first-order valence-corrected chi connectivity index (χ1v) is 13.6. The number of carbonyl (C=O) groups is 2. The molecule has 1 atom stereocenters. The number of hydrogen-bond donors (Lipinski definition) is 1.